The van der Waals surface area contributed by atoms with E-state index >= 15 is 0 Å². The summed E-state index contributed by atoms with van der Waals surface area (Å²) in [6.45, 7) is 4.58. The molecule has 78 valence electrons. The van der Waals surface area contributed by atoms with Gasteiger partial charge in [-0.15, -0.1) is 16.4 Å². The van der Waals surface area contributed by atoms with E-state index < -0.39 is 0 Å². The van der Waals surface area contributed by atoms with Gasteiger partial charge >= 0.3 is 0 Å². The van der Waals surface area contributed by atoms with Gasteiger partial charge in [0.15, 0.2) is 0 Å². The summed E-state index contributed by atoms with van der Waals surface area (Å²) in [6, 6.07) is 4.10. The second kappa shape index (κ2) is 4.35. The van der Waals surface area contributed by atoms with E-state index in [0.717, 1.165) is 17.9 Å². The lowest BCUT2D eigenvalue weighted by molar-refractivity contribution is 0.887. The van der Waals surface area contributed by atoms with Crippen molar-refractivity contribution < 1.29 is 0 Å². The summed E-state index contributed by atoms with van der Waals surface area (Å²) >= 11 is 1.71. The molecule has 0 atom stereocenters. The van der Waals surface area contributed by atoms with Crippen LogP contribution in [0.25, 0.3) is 0 Å². The molecule has 0 aromatic carbocycles. The molecule has 0 bridgehead atoms. The van der Waals surface area contributed by atoms with Gasteiger partial charge in [-0.3, -0.25) is 0 Å². The first-order chi connectivity index (χ1) is 7.25. The second-order valence-electron chi connectivity index (χ2n) is 3.24. The molecule has 0 fully saturated rings. The number of hydrogen-bond donors (Lipinski definition) is 1. The quantitative estimate of drug-likeness (QED) is 0.861. The molecule has 0 aliphatic rings. The predicted octanol–water partition coefficient (Wildman–Crippen LogP) is 2.16. The van der Waals surface area contributed by atoms with E-state index in [1.807, 2.05) is 19.9 Å². The van der Waals surface area contributed by atoms with Crippen LogP contribution in [0, 0.1) is 13.8 Å². The first kappa shape index (κ1) is 10.0. The highest BCUT2D eigenvalue weighted by atomic mass is 32.1. The fourth-order valence-electron chi connectivity index (χ4n) is 1.11. The van der Waals surface area contributed by atoms with Crippen LogP contribution in [0.5, 0.6) is 0 Å². The average Bonchev–Trinajstić information content (AvgIpc) is 2.73. The molecule has 2 aromatic rings. The van der Waals surface area contributed by atoms with E-state index in [4.69, 9.17) is 0 Å². The number of anilines is 1. The maximum atomic E-state index is 4.29. The Morgan fingerprint density at radius 3 is 2.80 bits per heavy atom. The summed E-state index contributed by atoms with van der Waals surface area (Å²) in [5, 5.41) is 13.2. The highest BCUT2D eigenvalue weighted by molar-refractivity contribution is 7.09. The lowest BCUT2D eigenvalue weighted by Gasteiger charge is -2.03. The van der Waals surface area contributed by atoms with Gasteiger partial charge in [0, 0.05) is 4.88 Å². The van der Waals surface area contributed by atoms with Gasteiger partial charge in [0.1, 0.15) is 0 Å². The lowest BCUT2D eigenvalue weighted by atomic mass is 10.4. The van der Waals surface area contributed by atoms with Crippen molar-refractivity contribution in [1.29, 1.82) is 0 Å². The molecule has 0 radical (unpaired) electrons. The summed E-state index contributed by atoms with van der Waals surface area (Å²) < 4.78 is 0. The minimum Gasteiger partial charge on any atom is -0.348 e. The number of aryl methyl sites for hydroxylation is 2. The van der Waals surface area contributed by atoms with Crippen molar-refractivity contribution in [3.8, 4) is 0 Å². The lowest BCUT2D eigenvalue weighted by Crippen LogP contribution is -2.06. The summed E-state index contributed by atoms with van der Waals surface area (Å²) in [4.78, 5) is 5.55. The molecule has 0 unspecified atom stereocenters. The maximum Gasteiger partial charge on any atom is 0.243 e. The van der Waals surface area contributed by atoms with Gasteiger partial charge in [-0.2, -0.15) is 5.10 Å². The monoisotopic (exact) mass is 220 g/mol. The fraction of sp³-hybridized carbons (Fsp3) is 0.300. The molecule has 2 heterocycles. The molecular weight excluding hydrogens is 208 g/mol. The Balaban J connectivity index is 2.02. The van der Waals surface area contributed by atoms with Gasteiger partial charge in [-0.25, -0.2) is 4.98 Å². The van der Waals surface area contributed by atoms with Gasteiger partial charge in [-0.05, 0) is 25.3 Å². The van der Waals surface area contributed by atoms with Crippen molar-refractivity contribution in [3.63, 3.8) is 0 Å². The normalized spacial score (nSPS) is 10.3. The Morgan fingerprint density at radius 1 is 1.27 bits per heavy atom. The van der Waals surface area contributed by atoms with Crippen molar-refractivity contribution in [2.75, 3.05) is 5.32 Å². The van der Waals surface area contributed by atoms with E-state index in [-0.39, 0.29) is 0 Å². The standard InChI is InChI=1S/C10H12N4S/c1-7-8(2)13-14-10(12-7)11-6-9-4-3-5-15-9/h3-5H,6H2,1-2H3,(H,11,12,14). The second-order valence-corrected chi connectivity index (χ2v) is 4.27. The van der Waals surface area contributed by atoms with Gasteiger partial charge in [0.25, 0.3) is 0 Å². The molecule has 1 N–H and O–H groups in total. The Labute approximate surface area is 92.4 Å². The third-order valence-corrected chi connectivity index (χ3v) is 2.97. The fourth-order valence-corrected chi connectivity index (χ4v) is 1.76. The van der Waals surface area contributed by atoms with E-state index in [9.17, 15) is 0 Å². The molecule has 0 aliphatic carbocycles. The Kier molecular flexibility index (Phi) is 2.91. The van der Waals surface area contributed by atoms with Gasteiger partial charge < -0.3 is 5.32 Å². The molecule has 15 heavy (non-hydrogen) atoms. The molecule has 0 saturated carbocycles. The molecule has 0 saturated heterocycles. The van der Waals surface area contributed by atoms with E-state index in [0.29, 0.717) is 5.95 Å². The summed E-state index contributed by atoms with van der Waals surface area (Å²) in [6.07, 6.45) is 0. The zero-order valence-electron chi connectivity index (χ0n) is 8.69. The number of nitrogens with one attached hydrogen (secondary N) is 1. The summed E-state index contributed by atoms with van der Waals surface area (Å²) in [7, 11) is 0. The van der Waals surface area contributed by atoms with Crippen molar-refractivity contribution in [3.05, 3.63) is 33.8 Å². The molecule has 0 aliphatic heterocycles. The summed E-state index contributed by atoms with van der Waals surface area (Å²) in [5.74, 6) is 0.589. The highest BCUT2D eigenvalue weighted by Gasteiger charge is 2.01. The number of hydrogen-bond acceptors (Lipinski definition) is 5. The van der Waals surface area contributed by atoms with Crippen LogP contribution < -0.4 is 5.32 Å². The predicted molar refractivity (Wildman–Crippen MR) is 60.9 cm³/mol. The molecule has 0 amide bonds. The maximum absolute atomic E-state index is 4.29. The van der Waals surface area contributed by atoms with E-state index in [2.05, 4.69) is 31.9 Å². The Morgan fingerprint density at radius 2 is 2.13 bits per heavy atom. The SMILES string of the molecule is Cc1nnc(NCc2cccs2)nc1C. The number of thiophene rings is 1. The molecule has 5 heteroatoms. The van der Waals surface area contributed by atoms with Crippen molar-refractivity contribution in [2.24, 2.45) is 0 Å². The van der Waals surface area contributed by atoms with Crippen LogP contribution in [0.4, 0.5) is 5.95 Å². The molecule has 2 aromatic heterocycles. The minimum absolute atomic E-state index is 0.589. The first-order valence-corrected chi connectivity index (χ1v) is 5.58. The molecule has 0 spiro atoms. The van der Waals surface area contributed by atoms with Crippen LogP contribution in [0.3, 0.4) is 0 Å². The molecule has 4 nitrogen and oxygen atoms in total. The van der Waals surface area contributed by atoms with Crippen LogP contribution in [0.1, 0.15) is 16.3 Å². The van der Waals surface area contributed by atoms with Crippen molar-refractivity contribution in [1.82, 2.24) is 15.2 Å². The first-order valence-electron chi connectivity index (χ1n) is 4.70. The largest absolute Gasteiger partial charge is 0.348 e. The van der Waals surface area contributed by atoms with Crippen molar-refractivity contribution >= 4 is 17.3 Å². The van der Waals surface area contributed by atoms with Crippen LogP contribution in [0.15, 0.2) is 17.5 Å². The van der Waals surface area contributed by atoms with Gasteiger partial charge in [0.2, 0.25) is 5.95 Å². The zero-order valence-corrected chi connectivity index (χ0v) is 9.51. The van der Waals surface area contributed by atoms with Crippen LogP contribution in [-0.4, -0.2) is 15.2 Å². The number of nitrogens with zero attached hydrogens (tertiary/aromatic N) is 3. The third kappa shape index (κ3) is 2.50. The van der Waals surface area contributed by atoms with E-state index in [1.54, 1.807) is 11.3 Å². The van der Waals surface area contributed by atoms with Crippen LogP contribution >= 0.6 is 11.3 Å². The van der Waals surface area contributed by atoms with E-state index in [1.165, 1.54) is 4.88 Å². The van der Waals surface area contributed by atoms with Crippen LogP contribution in [-0.2, 0) is 6.54 Å². The number of aromatic nitrogens is 3. The van der Waals surface area contributed by atoms with Crippen LogP contribution in [0.2, 0.25) is 0 Å². The zero-order chi connectivity index (χ0) is 10.7. The minimum atomic E-state index is 0.589. The van der Waals surface area contributed by atoms with Gasteiger partial charge in [0.05, 0.1) is 17.9 Å². The Bertz CT molecular complexity index is 439. The Hall–Kier alpha value is -1.49. The number of rotatable bonds is 3. The molecule has 2 rings (SSSR count). The average molecular weight is 220 g/mol. The molecular formula is C10H12N4S. The smallest absolute Gasteiger partial charge is 0.243 e. The highest BCUT2D eigenvalue weighted by Crippen LogP contribution is 2.10. The van der Waals surface area contributed by atoms with Gasteiger partial charge in [-0.1, -0.05) is 6.07 Å². The summed E-state index contributed by atoms with van der Waals surface area (Å²) in [5.41, 5.74) is 1.79. The van der Waals surface area contributed by atoms with Crippen molar-refractivity contribution in [2.45, 2.75) is 20.4 Å². The third-order valence-electron chi connectivity index (χ3n) is 2.09. The topological polar surface area (TPSA) is 50.7 Å².